The first-order chi connectivity index (χ1) is 5.45. The Labute approximate surface area is 67.1 Å². The van der Waals surface area contributed by atoms with Gasteiger partial charge in [0.05, 0.1) is 0 Å². The normalized spacial score (nSPS) is 13.8. The molecule has 0 fully saturated rings. The lowest BCUT2D eigenvalue weighted by atomic mass is 10.5. The Morgan fingerprint density at radius 3 is 2.50 bits per heavy atom. The maximum absolute atomic E-state index is 11.5. The average molecular weight is 182 g/mol. The molecule has 0 saturated heterocycles. The molecule has 0 heterocycles. The average Bonchev–Trinajstić information content (AvgIpc) is 1.96. The fourth-order valence-electron chi connectivity index (χ4n) is 0.362. The summed E-state index contributed by atoms with van der Waals surface area (Å²) in [6.07, 6.45) is -2.08. The second-order valence-corrected chi connectivity index (χ2v) is 1.88. The van der Waals surface area contributed by atoms with E-state index in [0.29, 0.717) is 0 Å². The predicted molar refractivity (Wildman–Crippen MR) is 39.0 cm³/mol. The van der Waals surface area contributed by atoms with Gasteiger partial charge in [-0.2, -0.15) is 18.3 Å². The molecule has 0 aliphatic heterocycles. The summed E-state index contributed by atoms with van der Waals surface area (Å²) in [5.74, 6) is 4.65. The van der Waals surface area contributed by atoms with Gasteiger partial charge in [-0.3, -0.25) is 0 Å². The molecule has 0 spiro atoms. The van der Waals surface area contributed by atoms with Crippen LogP contribution in [0.1, 0.15) is 0 Å². The van der Waals surface area contributed by atoms with Crippen LogP contribution in [0.2, 0.25) is 0 Å². The van der Waals surface area contributed by atoms with Crippen LogP contribution in [0.15, 0.2) is 17.4 Å². The molecular formula is C5H9F3N4. The highest BCUT2D eigenvalue weighted by molar-refractivity contribution is 5.90. The van der Waals surface area contributed by atoms with Crippen LogP contribution in [0.25, 0.3) is 0 Å². The Hall–Kier alpha value is -1.40. The van der Waals surface area contributed by atoms with Crippen LogP contribution in [0.3, 0.4) is 0 Å². The fourth-order valence-corrected chi connectivity index (χ4v) is 0.362. The molecule has 0 aromatic carbocycles. The van der Waals surface area contributed by atoms with E-state index >= 15 is 0 Å². The van der Waals surface area contributed by atoms with Crippen LogP contribution in [0, 0.1) is 0 Å². The molecule has 0 unspecified atom stereocenters. The highest BCUT2D eigenvalue weighted by atomic mass is 19.4. The van der Waals surface area contributed by atoms with Gasteiger partial charge in [0, 0.05) is 6.20 Å². The van der Waals surface area contributed by atoms with E-state index < -0.39 is 12.7 Å². The highest BCUT2D eigenvalue weighted by Gasteiger charge is 2.25. The zero-order valence-electron chi connectivity index (χ0n) is 6.10. The molecule has 7 heteroatoms. The SMILES string of the molecule is NN=C(N)/C=C\NCC(F)(F)F. The second-order valence-electron chi connectivity index (χ2n) is 1.88. The van der Waals surface area contributed by atoms with Crippen molar-refractivity contribution in [2.45, 2.75) is 6.18 Å². The number of rotatable bonds is 3. The Morgan fingerprint density at radius 2 is 2.08 bits per heavy atom. The Balaban J connectivity index is 3.64. The summed E-state index contributed by atoms with van der Waals surface area (Å²) in [6, 6.07) is 0. The number of halogens is 3. The summed E-state index contributed by atoms with van der Waals surface area (Å²) in [5, 5.41) is 4.98. The number of amidine groups is 1. The Bertz CT molecular complexity index is 184. The third-order valence-electron chi connectivity index (χ3n) is 0.824. The Kier molecular flexibility index (Phi) is 3.95. The van der Waals surface area contributed by atoms with Gasteiger partial charge in [0.1, 0.15) is 12.4 Å². The van der Waals surface area contributed by atoms with Crippen molar-refractivity contribution in [1.29, 1.82) is 0 Å². The van der Waals surface area contributed by atoms with Gasteiger partial charge in [-0.1, -0.05) is 0 Å². The van der Waals surface area contributed by atoms with Crippen LogP contribution < -0.4 is 16.9 Å². The monoisotopic (exact) mass is 182 g/mol. The summed E-state index contributed by atoms with van der Waals surface area (Å²) in [7, 11) is 0. The highest BCUT2D eigenvalue weighted by Crippen LogP contribution is 2.11. The number of nitrogens with one attached hydrogen (secondary N) is 1. The van der Waals surface area contributed by atoms with Crippen LogP contribution in [-0.4, -0.2) is 18.6 Å². The standard InChI is InChI=1S/C5H9F3N4/c6-5(7,8)3-11-2-1-4(9)12-10/h1-2,11H,3,10H2,(H2,9,12)/b2-1-. The fraction of sp³-hybridized carbons (Fsp3) is 0.400. The van der Waals surface area contributed by atoms with Crippen molar-refractivity contribution in [3.63, 3.8) is 0 Å². The summed E-state index contributed by atoms with van der Waals surface area (Å²) < 4.78 is 34.4. The molecule has 0 aromatic heterocycles. The molecule has 0 aromatic rings. The topological polar surface area (TPSA) is 76.4 Å². The minimum Gasteiger partial charge on any atom is -0.382 e. The molecule has 4 nitrogen and oxygen atoms in total. The van der Waals surface area contributed by atoms with Crippen LogP contribution in [-0.2, 0) is 0 Å². The van der Waals surface area contributed by atoms with Crippen LogP contribution in [0.5, 0.6) is 0 Å². The third kappa shape index (κ3) is 6.72. The maximum Gasteiger partial charge on any atom is 0.405 e. The van der Waals surface area contributed by atoms with Crippen molar-refractivity contribution in [1.82, 2.24) is 5.32 Å². The lowest BCUT2D eigenvalue weighted by Gasteiger charge is -2.04. The van der Waals surface area contributed by atoms with Crippen LogP contribution in [0.4, 0.5) is 13.2 Å². The lowest BCUT2D eigenvalue weighted by molar-refractivity contribution is -0.122. The van der Waals surface area contributed by atoms with Crippen molar-refractivity contribution in [2.24, 2.45) is 16.7 Å². The van der Waals surface area contributed by atoms with Crippen molar-refractivity contribution in [3.05, 3.63) is 12.3 Å². The van der Waals surface area contributed by atoms with Gasteiger partial charge in [0.15, 0.2) is 0 Å². The quantitative estimate of drug-likeness (QED) is 0.246. The molecule has 0 radical (unpaired) electrons. The van der Waals surface area contributed by atoms with Gasteiger partial charge in [0.2, 0.25) is 0 Å². The third-order valence-corrected chi connectivity index (χ3v) is 0.824. The second kappa shape index (κ2) is 4.47. The molecule has 0 bridgehead atoms. The van der Waals surface area contributed by atoms with Gasteiger partial charge in [-0.15, -0.1) is 0 Å². The number of hydrogen-bond acceptors (Lipinski definition) is 3. The van der Waals surface area contributed by atoms with Crippen molar-refractivity contribution in [3.8, 4) is 0 Å². The van der Waals surface area contributed by atoms with Crippen LogP contribution >= 0.6 is 0 Å². The molecule has 0 atom stereocenters. The zero-order chi connectivity index (χ0) is 9.61. The molecule has 0 amide bonds. The van der Waals surface area contributed by atoms with E-state index in [1.54, 1.807) is 0 Å². The van der Waals surface area contributed by atoms with E-state index in [1.165, 1.54) is 0 Å². The van der Waals surface area contributed by atoms with Gasteiger partial charge in [-0.05, 0) is 6.08 Å². The predicted octanol–water partition coefficient (Wildman–Crippen LogP) is -0.117. The van der Waals surface area contributed by atoms with E-state index in [2.05, 4.69) is 5.10 Å². The first-order valence-electron chi connectivity index (χ1n) is 2.96. The Morgan fingerprint density at radius 1 is 1.50 bits per heavy atom. The van der Waals surface area contributed by atoms with Gasteiger partial charge in [0.25, 0.3) is 0 Å². The number of alkyl halides is 3. The van der Waals surface area contributed by atoms with Crippen molar-refractivity contribution >= 4 is 5.84 Å². The number of nitrogens with zero attached hydrogens (tertiary/aromatic N) is 1. The minimum atomic E-state index is -4.24. The van der Waals surface area contributed by atoms with E-state index in [9.17, 15) is 13.2 Å². The number of hydrazone groups is 1. The van der Waals surface area contributed by atoms with E-state index in [0.717, 1.165) is 12.3 Å². The largest absolute Gasteiger partial charge is 0.405 e. The molecule has 12 heavy (non-hydrogen) atoms. The molecule has 0 rings (SSSR count). The number of hydrogen-bond donors (Lipinski definition) is 3. The zero-order valence-corrected chi connectivity index (χ0v) is 6.10. The minimum absolute atomic E-state index is 0.0512. The first kappa shape index (κ1) is 10.6. The maximum atomic E-state index is 11.5. The van der Waals surface area contributed by atoms with Gasteiger partial charge >= 0.3 is 6.18 Å². The smallest absolute Gasteiger partial charge is 0.382 e. The summed E-state index contributed by atoms with van der Waals surface area (Å²) in [5.41, 5.74) is 5.04. The van der Waals surface area contributed by atoms with E-state index in [4.69, 9.17) is 11.6 Å². The molecule has 70 valence electrons. The summed E-state index contributed by atoms with van der Waals surface area (Å²) >= 11 is 0. The van der Waals surface area contributed by atoms with E-state index in [-0.39, 0.29) is 5.84 Å². The summed E-state index contributed by atoms with van der Waals surface area (Å²) in [6.45, 7) is -1.11. The van der Waals surface area contributed by atoms with Crippen molar-refractivity contribution in [2.75, 3.05) is 6.54 Å². The molecular weight excluding hydrogens is 173 g/mol. The molecule has 0 aliphatic carbocycles. The van der Waals surface area contributed by atoms with Gasteiger partial charge < -0.3 is 16.9 Å². The first-order valence-corrected chi connectivity index (χ1v) is 2.96. The van der Waals surface area contributed by atoms with E-state index in [1.807, 2.05) is 5.32 Å². The molecule has 0 aliphatic rings. The molecule has 5 N–H and O–H groups in total. The summed E-state index contributed by atoms with van der Waals surface area (Å²) in [4.78, 5) is 0. The lowest BCUT2D eigenvalue weighted by Crippen LogP contribution is -2.25. The number of nitrogens with two attached hydrogens (primary N) is 2. The molecule has 0 saturated carbocycles. The van der Waals surface area contributed by atoms with Gasteiger partial charge in [-0.25, -0.2) is 0 Å². The van der Waals surface area contributed by atoms with Crippen molar-refractivity contribution < 1.29 is 13.2 Å².